The van der Waals surface area contributed by atoms with Crippen LogP contribution in [0.25, 0.3) is 0 Å². The van der Waals surface area contributed by atoms with Crippen LogP contribution >= 0.6 is 0 Å². The highest BCUT2D eigenvalue weighted by atomic mass is 16.4. The molecule has 1 aliphatic rings. The number of aromatic carboxylic acids is 1. The predicted octanol–water partition coefficient (Wildman–Crippen LogP) is 1.40. The fraction of sp³-hybridized carbons (Fsp3) is 0.600. The van der Waals surface area contributed by atoms with Crippen molar-refractivity contribution in [3.63, 3.8) is 0 Å². The molecule has 1 fully saturated rings. The molecule has 2 atom stereocenters. The molecule has 6 heteroatoms. The van der Waals surface area contributed by atoms with Crippen molar-refractivity contribution in [2.75, 3.05) is 20.1 Å². The zero-order valence-electron chi connectivity index (χ0n) is 13.0. The summed E-state index contributed by atoms with van der Waals surface area (Å²) < 4.78 is 0. The zero-order chi connectivity index (χ0) is 15.7. The van der Waals surface area contributed by atoms with Crippen LogP contribution in [0.1, 0.15) is 45.4 Å². The molecule has 0 saturated carbocycles. The van der Waals surface area contributed by atoms with Gasteiger partial charge in [-0.25, -0.2) is 4.79 Å². The molecule has 1 aromatic rings. The Morgan fingerprint density at radius 2 is 2.05 bits per heavy atom. The molecule has 1 aliphatic heterocycles. The van der Waals surface area contributed by atoms with E-state index in [0.717, 1.165) is 19.5 Å². The number of carboxylic acids is 1. The van der Waals surface area contributed by atoms with Crippen molar-refractivity contribution >= 4 is 11.9 Å². The second-order valence-corrected chi connectivity index (χ2v) is 6.04. The molecule has 0 bridgehead atoms. The Balaban J connectivity index is 2.16. The second kappa shape index (κ2) is 5.89. The number of carboxylic acid groups (broad SMARTS) is 1. The van der Waals surface area contributed by atoms with Gasteiger partial charge in [0.2, 0.25) is 0 Å². The van der Waals surface area contributed by atoms with Gasteiger partial charge in [0.15, 0.2) is 0 Å². The lowest BCUT2D eigenvalue weighted by atomic mass is 9.93. The molecule has 0 spiro atoms. The monoisotopic (exact) mass is 293 g/mol. The fourth-order valence-corrected chi connectivity index (χ4v) is 3.11. The third-order valence-electron chi connectivity index (χ3n) is 4.30. The van der Waals surface area contributed by atoms with Gasteiger partial charge >= 0.3 is 5.97 Å². The van der Waals surface area contributed by atoms with Crippen LogP contribution in [0.15, 0.2) is 0 Å². The lowest BCUT2D eigenvalue weighted by Gasteiger charge is -2.35. The van der Waals surface area contributed by atoms with Crippen LogP contribution in [0.5, 0.6) is 0 Å². The number of rotatable bonds is 3. The summed E-state index contributed by atoms with van der Waals surface area (Å²) in [6, 6.07) is 0.135. The molecule has 6 nitrogen and oxygen atoms in total. The average Bonchev–Trinajstić information content (AvgIpc) is 2.68. The summed E-state index contributed by atoms with van der Waals surface area (Å²) in [5.41, 5.74) is 1.65. The van der Waals surface area contributed by atoms with E-state index in [1.807, 2.05) is 0 Å². The van der Waals surface area contributed by atoms with Crippen molar-refractivity contribution in [2.45, 2.75) is 33.2 Å². The minimum Gasteiger partial charge on any atom is -0.477 e. The average molecular weight is 293 g/mol. The Kier molecular flexibility index (Phi) is 4.37. The van der Waals surface area contributed by atoms with Gasteiger partial charge in [-0.05, 0) is 45.3 Å². The highest BCUT2D eigenvalue weighted by Gasteiger charge is 2.28. The maximum absolute atomic E-state index is 12.5. The third-order valence-corrected chi connectivity index (χ3v) is 4.30. The molecule has 0 aromatic carbocycles. The van der Waals surface area contributed by atoms with Gasteiger partial charge in [0, 0.05) is 18.3 Å². The molecular weight excluding hydrogens is 270 g/mol. The summed E-state index contributed by atoms with van der Waals surface area (Å²) >= 11 is 0. The third kappa shape index (κ3) is 3.10. The maximum Gasteiger partial charge on any atom is 0.352 e. The highest BCUT2D eigenvalue weighted by molar-refractivity contribution is 6.00. The lowest BCUT2D eigenvalue weighted by Crippen LogP contribution is -2.49. The van der Waals surface area contributed by atoms with Gasteiger partial charge in [-0.15, -0.1) is 0 Å². The normalized spacial score (nSPS) is 23.0. The van der Waals surface area contributed by atoms with Crippen molar-refractivity contribution in [1.29, 1.82) is 0 Å². The van der Waals surface area contributed by atoms with Gasteiger partial charge in [0.05, 0.1) is 5.56 Å². The first-order chi connectivity index (χ1) is 9.81. The van der Waals surface area contributed by atoms with Crippen molar-refractivity contribution in [1.82, 2.24) is 15.2 Å². The number of carbonyl (C=O) groups is 2. The Morgan fingerprint density at radius 3 is 2.57 bits per heavy atom. The molecular formula is C15H23N3O3. The van der Waals surface area contributed by atoms with Crippen LogP contribution in [-0.4, -0.2) is 53.0 Å². The first-order valence-electron chi connectivity index (χ1n) is 7.23. The molecule has 2 rings (SSSR count). The molecule has 21 heavy (non-hydrogen) atoms. The second-order valence-electron chi connectivity index (χ2n) is 6.04. The highest BCUT2D eigenvalue weighted by Crippen LogP contribution is 2.20. The van der Waals surface area contributed by atoms with E-state index in [0.29, 0.717) is 22.7 Å². The molecule has 116 valence electrons. The minimum absolute atomic E-state index is 0.0917. The van der Waals surface area contributed by atoms with Crippen LogP contribution in [0.2, 0.25) is 0 Å². The van der Waals surface area contributed by atoms with Crippen LogP contribution in [-0.2, 0) is 0 Å². The van der Waals surface area contributed by atoms with Crippen LogP contribution < -0.4 is 5.32 Å². The van der Waals surface area contributed by atoms with E-state index in [-0.39, 0.29) is 17.6 Å². The minimum atomic E-state index is -1.04. The predicted molar refractivity (Wildman–Crippen MR) is 79.8 cm³/mol. The standard InChI is InChI=1S/C15H23N3O3/c1-8-7-18(4)6-5-11(8)17-14(19)12-9(2)13(15(20)21)16-10(12)3/h8,11,16H,5-7H2,1-4H3,(H,17,19)(H,20,21). The van der Waals surface area contributed by atoms with Gasteiger partial charge in [0.25, 0.3) is 5.91 Å². The van der Waals surface area contributed by atoms with Crippen molar-refractivity contribution < 1.29 is 14.7 Å². The molecule has 3 N–H and O–H groups in total. The number of aromatic nitrogens is 1. The Bertz CT molecular complexity index is 565. The van der Waals surface area contributed by atoms with Crippen molar-refractivity contribution in [2.24, 2.45) is 5.92 Å². The Morgan fingerprint density at radius 1 is 1.38 bits per heavy atom. The number of carbonyl (C=O) groups excluding carboxylic acids is 1. The summed E-state index contributed by atoms with van der Waals surface area (Å²) in [6.07, 6.45) is 0.914. The van der Waals surface area contributed by atoms with E-state index in [1.54, 1.807) is 13.8 Å². The molecule has 0 radical (unpaired) electrons. The van der Waals surface area contributed by atoms with Gasteiger partial charge in [-0.1, -0.05) is 6.92 Å². The van der Waals surface area contributed by atoms with Crippen LogP contribution in [0, 0.1) is 19.8 Å². The molecule has 1 aromatic heterocycles. The fourth-order valence-electron chi connectivity index (χ4n) is 3.11. The number of piperidine rings is 1. The van der Waals surface area contributed by atoms with Crippen molar-refractivity contribution in [3.8, 4) is 0 Å². The summed E-state index contributed by atoms with van der Waals surface area (Å²) in [7, 11) is 2.08. The number of hydrogen-bond donors (Lipinski definition) is 3. The molecule has 2 unspecified atom stereocenters. The Labute approximate surface area is 124 Å². The van der Waals surface area contributed by atoms with E-state index in [4.69, 9.17) is 5.11 Å². The maximum atomic E-state index is 12.5. The number of nitrogens with one attached hydrogen (secondary N) is 2. The smallest absolute Gasteiger partial charge is 0.352 e. The largest absolute Gasteiger partial charge is 0.477 e. The number of amides is 1. The van der Waals surface area contributed by atoms with E-state index < -0.39 is 5.97 Å². The Hall–Kier alpha value is -1.82. The van der Waals surface area contributed by atoms with Crippen LogP contribution in [0.3, 0.4) is 0 Å². The number of hydrogen-bond acceptors (Lipinski definition) is 3. The SMILES string of the molecule is Cc1[nH]c(C(=O)O)c(C)c1C(=O)NC1CCN(C)CC1C. The summed E-state index contributed by atoms with van der Waals surface area (Å²) in [4.78, 5) is 28.6. The number of aryl methyl sites for hydroxylation is 1. The van der Waals surface area contributed by atoms with E-state index in [1.165, 1.54) is 0 Å². The number of nitrogens with zero attached hydrogens (tertiary/aromatic N) is 1. The van der Waals surface area contributed by atoms with E-state index >= 15 is 0 Å². The quantitative estimate of drug-likeness (QED) is 0.786. The van der Waals surface area contributed by atoms with Crippen molar-refractivity contribution in [3.05, 3.63) is 22.5 Å². The van der Waals surface area contributed by atoms with E-state index in [2.05, 4.69) is 29.2 Å². The summed E-state index contributed by atoms with van der Waals surface area (Å²) in [5, 5.41) is 12.2. The first-order valence-corrected chi connectivity index (χ1v) is 7.23. The van der Waals surface area contributed by atoms with Gasteiger partial charge in [-0.3, -0.25) is 4.79 Å². The number of likely N-dealkylation sites (tertiary alicyclic amines) is 1. The molecule has 2 heterocycles. The summed E-state index contributed by atoms with van der Waals surface area (Å²) in [6.45, 7) is 7.43. The topological polar surface area (TPSA) is 85.4 Å². The molecule has 1 amide bonds. The molecule has 1 saturated heterocycles. The van der Waals surface area contributed by atoms with E-state index in [9.17, 15) is 9.59 Å². The lowest BCUT2D eigenvalue weighted by molar-refractivity contribution is 0.0690. The van der Waals surface area contributed by atoms with Gasteiger partial charge in [-0.2, -0.15) is 0 Å². The molecule has 0 aliphatic carbocycles. The van der Waals surface area contributed by atoms with Gasteiger partial charge in [0.1, 0.15) is 5.69 Å². The zero-order valence-corrected chi connectivity index (χ0v) is 13.0. The number of aromatic amines is 1. The van der Waals surface area contributed by atoms with Crippen LogP contribution in [0.4, 0.5) is 0 Å². The summed E-state index contributed by atoms with van der Waals surface area (Å²) in [5.74, 6) is -0.844. The first kappa shape index (κ1) is 15.6. The number of H-pyrrole nitrogens is 1. The van der Waals surface area contributed by atoms with Gasteiger partial charge < -0.3 is 20.3 Å².